The van der Waals surface area contributed by atoms with Gasteiger partial charge in [-0.1, -0.05) is 56.0 Å². The van der Waals surface area contributed by atoms with Gasteiger partial charge < -0.3 is 9.97 Å². The molecule has 0 spiro atoms. The van der Waals surface area contributed by atoms with Crippen LogP contribution in [0.15, 0.2) is 107 Å². The molecule has 0 aliphatic heterocycles. The van der Waals surface area contributed by atoms with E-state index in [1.807, 2.05) is 62.4 Å². The Bertz CT molecular complexity index is 2060. The molecule has 0 fully saturated rings. The topological polar surface area (TPSA) is 109 Å². The number of halogens is 1. The van der Waals surface area contributed by atoms with Crippen LogP contribution in [0.4, 0.5) is 10.1 Å². The van der Waals surface area contributed by atoms with Crippen LogP contribution in [0.1, 0.15) is 41.1 Å². The van der Waals surface area contributed by atoms with Gasteiger partial charge in [-0.15, -0.1) is 0 Å². The number of fused-ring (bicyclic) bond motifs is 2. The third-order valence-corrected chi connectivity index (χ3v) is 7.89. The van der Waals surface area contributed by atoms with E-state index >= 15 is 0 Å². The van der Waals surface area contributed by atoms with Gasteiger partial charge in [0.05, 0.1) is 4.92 Å². The maximum absolute atomic E-state index is 12.9. The summed E-state index contributed by atoms with van der Waals surface area (Å²) in [6, 6.07) is 28.0. The predicted octanol–water partition coefficient (Wildman–Crippen LogP) is 7.93. The van der Waals surface area contributed by atoms with Crippen LogP contribution >= 0.6 is 0 Å². The van der Waals surface area contributed by atoms with Gasteiger partial charge in [0.2, 0.25) is 0 Å². The van der Waals surface area contributed by atoms with Crippen molar-refractivity contribution in [1.29, 1.82) is 0 Å². The number of nitro groups is 1. The molecule has 0 atom stereocenters. The van der Waals surface area contributed by atoms with Crippen LogP contribution in [0.3, 0.4) is 0 Å². The summed E-state index contributed by atoms with van der Waals surface area (Å²) in [5.41, 5.74) is 7.33. The number of hydrogen-bond acceptors (Lipinski definition) is 4. The first-order valence-corrected chi connectivity index (χ1v) is 14.4. The van der Waals surface area contributed by atoms with Gasteiger partial charge in [-0.2, -0.15) is 0 Å². The molecule has 8 heteroatoms. The van der Waals surface area contributed by atoms with E-state index < -0.39 is 4.92 Å². The molecule has 0 radical (unpaired) electrons. The number of benzene rings is 4. The molecule has 2 aromatic heterocycles. The Morgan fingerprint density at radius 2 is 1.02 bits per heavy atom. The van der Waals surface area contributed by atoms with Crippen LogP contribution in [0, 0.1) is 29.8 Å². The van der Waals surface area contributed by atoms with E-state index in [1.54, 1.807) is 24.3 Å². The van der Waals surface area contributed by atoms with Gasteiger partial charge in [0, 0.05) is 56.5 Å². The third kappa shape index (κ3) is 7.59. The van der Waals surface area contributed by atoms with E-state index in [1.165, 1.54) is 24.3 Å². The summed E-state index contributed by atoms with van der Waals surface area (Å²) < 4.78 is 12.9. The molecule has 0 saturated heterocycles. The van der Waals surface area contributed by atoms with E-state index in [4.69, 9.17) is 0 Å². The molecular weight excluding hydrogens is 568 g/mol. The largest absolute Gasteiger partial charge is 0.358 e. The van der Waals surface area contributed by atoms with E-state index in [9.17, 15) is 24.1 Å². The van der Waals surface area contributed by atoms with Crippen molar-refractivity contribution < 1.29 is 9.31 Å². The summed E-state index contributed by atoms with van der Waals surface area (Å²) in [6.45, 7) is 3.68. The molecule has 2 heterocycles. The van der Waals surface area contributed by atoms with E-state index in [-0.39, 0.29) is 29.8 Å². The minimum Gasteiger partial charge on any atom is -0.358 e. The second-order valence-electron chi connectivity index (χ2n) is 10.8. The molecule has 2 N–H and O–H groups in total. The number of non-ortho nitro benzene ring substituents is 1. The first kappa shape index (κ1) is 32.5. The zero-order valence-electron chi connectivity index (χ0n) is 24.5. The number of aromatic nitrogens is 2. The number of aryl methyl sites for hydroxylation is 4. The van der Waals surface area contributed by atoms with Crippen molar-refractivity contribution in [2.75, 3.05) is 0 Å². The molecule has 0 bridgehead atoms. The Morgan fingerprint density at radius 3 is 1.44 bits per heavy atom. The number of rotatable bonds is 7. The normalized spacial score (nSPS) is 10.6. The number of nitrogens with zero attached hydrogens (tertiary/aromatic N) is 1. The molecule has 7 nitrogen and oxygen atoms in total. The van der Waals surface area contributed by atoms with Crippen molar-refractivity contribution in [3.05, 3.63) is 167 Å². The molecule has 0 saturated carbocycles. The second-order valence-corrected chi connectivity index (χ2v) is 10.8. The van der Waals surface area contributed by atoms with E-state index in [0.717, 1.165) is 62.9 Å². The maximum atomic E-state index is 12.9. The monoisotopic (exact) mass is 604 g/mol. The van der Waals surface area contributed by atoms with Crippen molar-refractivity contribution in [2.45, 2.75) is 47.0 Å². The van der Waals surface area contributed by atoms with Crippen LogP contribution < -0.4 is 10.9 Å². The van der Waals surface area contributed by atoms with Crippen molar-refractivity contribution in [1.82, 2.24) is 9.97 Å². The maximum Gasteiger partial charge on any atom is 0.269 e. The Labute approximate surface area is 260 Å². The SMILES string of the molecule is C.Cc1c(CCc2ccc([18F])cc2)[nH]c2ccccc2c1=O.Cc1c(CCc2ccc([N+](=O)[O-])cc2)[nH]c2ccccc2c1=O. The number of aromatic amines is 2. The lowest BCUT2D eigenvalue weighted by Crippen LogP contribution is -2.12. The minimum atomic E-state index is -0.408. The smallest absolute Gasteiger partial charge is 0.269 e. The zero-order valence-corrected chi connectivity index (χ0v) is 24.5. The summed E-state index contributed by atoms with van der Waals surface area (Å²) in [4.78, 5) is 41.6. The number of para-hydroxylation sites is 2. The molecule has 6 aromatic rings. The molecule has 0 aliphatic carbocycles. The van der Waals surface area contributed by atoms with Crippen LogP contribution in [0.5, 0.6) is 0 Å². The van der Waals surface area contributed by atoms with Crippen molar-refractivity contribution >= 4 is 27.5 Å². The first-order valence-electron chi connectivity index (χ1n) is 14.4. The fraction of sp³-hybridized carbons (Fsp3) is 0.189. The Hall–Kier alpha value is -5.37. The highest BCUT2D eigenvalue weighted by atomic mass is 18.2. The third-order valence-electron chi connectivity index (χ3n) is 7.89. The number of H-pyrrole nitrogens is 2. The Morgan fingerprint density at radius 1 is 0.622 bits per heavy atom. The van der Waals surface area contributed by atoms with Gasteiger partial charge >= 0.3 is 0 Å². The van der Waals surface area contributed by atoms with E-state index in [2.05, 4.69) is 9.97 Å². The number of pyridine rings is 2. The Balaban J connectivity index is 0.000000201. The minimum absolute atomic E-state index is 0. The predicted molar refractivity (Wildman–Crippen MR) is 180 cm³/mol. The number of nitrogens with one attached hydrogen (secondary N) is 2. The van der Waals surface area contributed by atoms with Crippen molar-refractivity contribution in [3.63, 3.8) is 0 Å². The summed E-state index contributed by atoms with van der Waals surface area (Å²) in [7, 11) is 0. The number of nitro benzene ring substituents is 1. The van der Waals surface area contributed by atoms with Crippen molar-refractivity contribution in [3.8, 4) is 0 Å². The lowest BCUT2D eigenvalue weighted by Gasteiger charge is -2.08. The zero-order chi connectivity index (χ0) is 31.2. The van der Waals surface area contributed by atoms with Crippen LogP contribution in [-0.4, -0.2) is 14.9 Å². The van der Waals surface area contributed by atoms with E-state index in [0.29, 0.717) is 18.2 Å². The van der Waals surface area contributed by atoms with Gasteiger partial charge in [-0.05, 0) is 87.1 Å². The summed E-state index contributed by atoms with van der Waals surface area (Å²) >= 11 is 0. The summed E-state index contributed by atoms with van der Waals surface area (Å²) in [5.74, 6) is -0.228. The molecule has 4 aromatic carbocycles. The first-order chi connectivity index (χ1) is 21.2. The quantitative estimate of drug-likeness (QED) is 0.142. The average molecular weight is 605 g/mol. The average Bonchev–Trinajstić information content (AvgIpc) is 3.04. The van der Waals surface area contributed by atoms with Gasteiger partial charge in [-0.25, -0.2) is 4.39 Å². The highest BCUT2D eigenvalue weighted by Gasteiger charge is 2.10. The van der Waals surface area contributed by atoms with Crippen LogP contribution in [-0.2, 0) is 25.7 Å². The van der Waals surface area contributed by atoms with Gasteiger partial charge in [-0.3, -0.25) is 19.7 Å². The summed E-state index contributed by atoms with van der Waals surface area (Å²) in [5, 5.41) is 12.1. The fourth-order valence-electron chi connectivity index (χ4n) is 5.25. The molecule has 230 valence electrons. The molecule has 0 aliphatic rings. The molecule has 45 heavy (non-hydrogen) atoms. The van der Waals surface area contributed by atoms with Crippen LogP contribution in [0.2, 0.25) is 0 Å². The summed E-state index contributed by atoms with van der Waals surface area (Å²) in [6.07, 6.45) is 2.91. The molecule has 0 amide bonds. The highest BCUT2D eigenvalue weighted by molar-refractivity contribution is 5.80. The Kier molecular flexibility index (Phi) is 10.4. The molecule has 6 rings (SSSR count). The standard InChI is InChI=1S/C18H16FNO.C18H16N2O3.CH4/c1-12-16(11-8-13-6-9-14(19)10-7-13)20-17-5-3-2-4-15(17)18(12)21;1-12-16(19-17-5-3-2-4-15(17)18(12)21)11-8-13-6-9-14(10-7-13)20(22)23;/h2-7,9-10H,8,11H2,1H3,(H,20,21);2-7,9-10H,8,11H2,1H3,(H,19,21);1H4/i19-1;;. The highest BCUT2D eigenvalue weighted by Crippen LogP contribution is 2.17. The van der Waals surface area contributed by atoms with Gasteiger partial charge in [0.1, 0.15) is 5.82 Å². The van der Waals surface area contributed by atoms with Gasteiger partial charge in [0.15, 0.2) is 10.9 Å². The lowest BCUT2D eigenvalue weighted by molar-refractivity contribution is -0.384. The fourth-order valence-corrected chi connectivity index (χ4v) is 5.25. The van der Waals surface area contributed by atoms with Crippen molar-refractivity contribution in [2.24, 2.45) is 0 Å². The lowest BCUT2D eigenvalue weighted by atomic mass is 10.0. The van der Waals surface area contributed by atoms with Gasteiger partial charge in [0.25, 0.3) is 5.69 Å². The molecular formula is C37H36FN3O4. The molecule has 0 unspecified atom stereocenters. The van der Waals surface area contributed by atoms with Crippen LogP contribution in [0.25, 0.3) is 21.8 Å². The number of hydrogen-bond donors (Lipinski definition) is 2. The second kappa shape index (κ2) is 14.4.